The first-order chi connectivity index (χ1) is 9.19. The third-order valence-electron chi connectivity index (χ3n) is 2.46. The molecule has 0 unspecified atom stereocenters. The first kappa shape index (κ1) is 13.3. The van der Waals surface area contributed by atoms with E-state index < -0.39 is 0 Å². The Kier molecular flexibility index (Phi) is 4.27. The minimum Gasteiger partial charge on any atom is -0.481 e. The number of hydrogen-bond donors (Lipinski definition) is 1. The van der Waals surface area contributed by atoms with Gasteiger partial charge in [0, 0.05) is 31.1 Å². The zero-order chi connectivity index (χ0) is 13.7. The van der Waals surface area contributed by atoms with Crippen LogP contribution in [0.4, 0.5) is 5.95 Å². The van der Waals surface area contributed by atoms with Crippen LogP contribution in [0.3, 0.4) is 0 Å². The molecule has 1 N–H and O–H groups in total. The summed E-state index contributed by atoms with van der Waals surface area (Å²) < 4.78 is 10.2. The van der Waals surface area contributed by atoms with Crippen molar-refractivity contribution in [1.29, 1.82) is 0 Å². The van der Waals surface area contributed by atoms with Gasteiger partial charge in [-0.15, -0.1) is 0 Å². The first-order valence-corrected chi connectivity index (χ1v) is 6.12. The molecule has 0 aliphatic heterocycles. The van der Waals surface area contributed by atoms with Crippen molar-refractivity contribution >= 4 is 5.95 Å². The highest BCUT2D eigenvalue weighted by molar-refractivity contribution is 5.27. The second-order valence-electron chi connectivity index (χ2n) is 4.30. The summed E-state index contributed by atoms with van der Waals surface area (Å²) in [6, 6.07) is 1.69. The summed E-state index contributed by atoms with van der Waals surface area (Å²) in [5.41, 5.74) is 0. The number of nitrogens with one attached hydrogen (secondary N) is 1. The van der Waals surface area contributed by atoms with Crippen molar-refractivity contribution in [3.8, 4) is 5.88 Å². The van der Waals surface area contributed by atoms with Crippen LogP contribution in [-0.2, 0) is 6.42 Å². The molecule has 7 nitrogen and oxygen atoms in total. The van der Waals surface area contributed by atoms with Crippen LogP contribution in [0.5, 0.6) is 5.88 Å². The van der Waals surface area contributed by atoms with Gasteiger partial charge < -0.3 is 14.6 Å². The van der Waals surface area contributed by atoms with Crippen molar-refractivity contribution in [3.63, 3.8) is 0 Å². The SMILES string of the molecule is COc1ccnc(NCCc2nc(C(C)C)no2)n1. The van der Waals surface area contributed by atoms with Crippen molar-refractivity contribution < 1.29 is 9.26 Å². The quantitative estimate of drug-likeness (QED) is 0.847. The molecular weight excluding hydrogens is 246 g/mol. The topological polar surface area (TPSA) is 86.0 Å². The molecule has 0 amide bonds. The average Bonchev–Trinajstić information content (AvgIpc) is 2.88. The van der Waals surface area contributed by atoms with Gasteiger partial charge in [0.1, 0.15) is 0 Å². The van der Waals surface area contributed by atoms with Crippen LogP contribution in [-0.4, -0.2) is 33.8 Å². The molecule has 2 heterocycles. The first-order valence-electron chi connectivity index (χ1n) is 6.12. The van der Waals surface area contributed by atoms with Gasteiger partial charge in [-0.25, -0.2) is 4.98 Å². The molecule has 0 bridgehead atoms. The zero-order valence-electron chi connectivity index (χ0n) is 11.3. The van der Waals surface area contributed by atoms with Crippen LogP contribution in [0.2, 0.25) is 0 Å². The van der Waals surface area contributed by atoms with Crippen molar-refractivity contribution in [3.05, 3.63) is 24.0 Å². The summed E-state index contributed by atoms with van der Waals surface area (Å²) in [4.78, 5) is 12.5. The fraction of sp³-hybridized carbons (Fsp3) is 0.500. The van der Waals surface area contributed by atoms with Crippen LogP contribution in [0.15, 0.2) is 16.8 Å². The minimum absolute atomic E-state index is 0.271. The number of rotatable bonds is 6. The maximum atomic E-state index is 5.14. The maximum Gasteiger partial charge on any atom is 0.228 e. The summed E-state index contributed by atoms with van der Waals surface area (Å²) >= 11 is 0. The van der Waals surface area contributed by atoms with Gasteiger partial charge in [0.15, 0.2) is 5.82 Å². The fourth-order valence-electron chi connectivity index (χ4n) is 1.43. The third-order valence-corrected chi connectivity index (χ3v) is 2.46. The van der Waals surface area contributed by atoms with E-state index in [1.54, 1.807) is 19.4 Å². The van der Waals surface area contributed by atoms with Crippen LogP contribution in [0, 0.1) is 0 Å². The fourth-order valence-corrected chi connectivity index (χ4v) is 1.43. The zero-order valence-corrected chi connectivity index (χ0v) is 11.3. The Bertz CT molecular complexity index is 526. The molecule has 0 aliphatic carbocycles. The Hall–Kier alpha value is -2.18. The van der Waals surface area contributed by atoms with E-state index in [9.17, 15) is 0 Å². The number of aromatic nitrogens is 4. The lowest BCUT2D eigenvalue weighted by Crippen LogP contribution is -2.08. The molecule has 2 aromatic rings. The van der Waals surface area contributed by atoms with Crippen molar-refractivity contribution in [2.75, 3.05) is 19.0 Å². The van der Waals surface area contributed by atoms with Gasteiger partial charge in [0.25, 0.3) is 0 Å². The number of methoxy groups -OCH3 is 1. The average molecular weight is 263 g/mol. The molecule has 0 spiro atoms. The second kappa shape index (κ2) is 6.12. The molecule has 0 fully saturated rings. The van der Waals surface area contributed by atoms with E-state index in [2.05, 4.69) is 25.4 Å². The van der Waals surface area contributed by atoms with Gasteiger partial charge in [-0.1, -0.05) is 19.0 Å². The lowest BCUT2D eigenvalue weighted by molar-refractivity contribution is 0.373. The standard InChI is InChI=1S/C12H17N5O2/c1-8(2)11-15-10(19-17-11)5-7-14-12-13-6-4-9(16-12)18-3/h4,6,8H,5,7H2,1-3H3,(H,13,14,16). The van der Waals surface area contributed by atoms with E-state index >= 15 is 0 Å². The van der Waals surface area contributed by atoms with Crippen molar-refractivity contribution in [1.82, 2.24) is 20.1 Å². The highest BCUT2D eigenvalue weighted by atomic mass is 16.5. The van der Waals surface area contributed by atoms with Gasteiger partial charge in [0.2, 0.25) is 17.7 Å². The van der Waals surface area contributed by atoms with Crippen LogP contribution < -0.4 is 10.1 Å². The molecular formula is C12H17N5O2. The minimum atomic E-state index is 0.271. The van der Waals surface area contributed by atoms with Crippen molar-refractivity contribution in [2.24, 2.45) is 0 Å². The normalized spacial score (nSPS) is 10.7. The molecule has 0 radical (unpaired) electrons. The molecule has 102 valence electrons. The summed E-state index contributed by atoms with van der Waals surface area (Å²) in [5, 5.41) is 6.98. The van der Waals surface area contributed by atoms with E-state index in [0.717, 1.165) is 5.82 Å². The molecule has 7 heteroatoms. The lowest BCUT2D eigenvalue weighted by atomic mass is 10.2. The smallest absolute Gasteiger partial charge is 0.228 e. The van der Waals surface area contributed by atoms with Gasteiger partial charge in [-0.05, 0) is 0 Å². The van der Waals surface area contributed by atoms with Gasteiger partial charge >= 0.3 is 0 Å². The molecule has 0 saturated carbocycles. The Morgan fingerprint density at radius 2 is 2.21 bits per heavy atom. The van der Waals surface area contributed by atoms with E-state index in [1.807, 2.05) is 13.8 Å². The van der Waals surface area contributed by atoms with E-state index in [0.29, 0.717) is 30.7 Å². The Labute approximate surface area is 111 Å². The molecule has 2 rings (SSSR count). The Balaban J connectivity index is 1.85. The van der Waals surface area contributed by atoms with E-state index in [-0.39, 0.29) is 5.92 Å². The molecule has 0 aromatic carbocycles. The van der Waals surface area contributed by atoms with Gasteiger partial charge in [-0.3, -0.25) is 0 Å². The van der Waals surface area contributed by atoms with Crippen LogP contribution >= 0.6 is 0 Å². The number of anilines is 1. The summed E-state index contributed by atoms with van der Waals surface area (Å²) in [5.74, 6) is 2.65. The molecule has 19 heavy (non-hydrogen) atoms. The van der Waals surface area contributed by atoms with Crippen LogP contribution in [0.25, 0.3) is 0 Å². The number of ether oxygens (including phenoxy) is 1. The van der Waals surface area contributed by atoms with Gasteiger partial charge in [-0.2, -0.15) is 9.97 Å². The number of hydrogen-bond acceptors (Lipinski definition) is 7. The van der Waals surface area contributed by atoms with E-state index in [4.69, 9.17) is 9.26 Å². The molecule has 2 aromatic heterocycles. The summed E-state index contributed by atoms with van der Waals surface area (Å²) in [6.45, 7) is 4.67. The lowest BCUT2D eigenvalue weighted by Gasteiger charge is -2.03. The summed E-state index contributed by atoms with van der Waals surface area (Å²) in [6.07, 6.45) is 2.26. The monoisotopic (exact) mass is 263 g/mol. The highest BCUT2D eigenvalue weighted by Crippen LogP contribution is 2.10. The number of nitrogens with zero attached hydrogens (tertiary/aromatic N) is 4. The third kappa shape index (κ3) is 3.64. The van der Waals surface area contributed by atoms with Crippen LogP contribution in [0.1, 0.15) is 31.5 Å². The Morgan fingerprint density at radius 3 is 2.89 bits per heavy atom. The highest BCUT2D eigenvalue weighted by Gasteiger charge is 2.09. The summed E-state index contributed by atoms with van der Waals surface area (Å²) in [7, 11) is 1.57. The second-order valence-corrected chi connectivity index (χ2v) is 4.30. The van der Waals surface area contributed by atoms with Gasteiger partial charge in [0.05, 0.1) is 7.11 Å². The molecule has 0 atom stereocenters. The predicted octanol–water partition coefficient (Wildman–Crippen LogP) is 1.65. The maximum absolute atomic E-state index is 5.14. The van der Waals surface area contributed by atoms with Crippen molar-refractivity contribution in [2.45, 2.75) is 26.2 Å². The molecule has 0 saturated heterocycles. The predicted molar refractivity (Wildman–Crippen MR) is 69.2 cm³/mol. The largest absolute Gasteiger partial charge is 0.481 e. The Morgan fingerprint density at radius 1 is 1.37 bits per heavy atom. The van der Waals surface area contributed by atoms with E-state index in [1.165, 1.54) is 0 Å². The molecule has 0 aliphatic rings.